The Hall–Kier alpha value is -1.38. The highest BCUT2D eigenvalue weighted by molar-refractivity contribution is 5.45. The lowest BCUT2D eigenvalue weighted by atomic mass is 9.97. The minimum Gasteiger partial charge on any atom is -0.508 e. The summed E-state index contributed by atoms with van der Waals surface area (Å²) in [5.41, 5.74) is 0. The summed E-state index contributed by atoms with van der Waals surface area (Å²) in [4.78, 5) is 0. The number of aromatic hydroxyl groups is 1. The highest BCUT2D eigenvalue weighted by atomic mass is 16.5. The Labute approximate surface area is 127 Å². The monoisotopic (exact) mass is 290 g/mol. The van der Waals surface area contributed by atoms with Gasteiger partial charge < -0.3 is 14.6 Å². The van der Waals surface area contributed by atoms with Crippen molar-refractivity contribution in [2.45, 2.75) is 76.4 Å². The average Bonchev–Trinajstić information content (AvgIpc) is 2.52. The molecule has 0 heterocycles. The van der Waals surface area contributed by atoms with Crippen molar-refractivity contribution in [3.63, 3.8) is 0 Å². The van der Waals surface area contributed by atoms with E-state index in [-0.39, 0.29) is 11.9 Å². The van der Waals surface area contributed by atoms with Crippen LogP contribution in [0.5, 0.6) is 17.2 Å². The van der Waals surface area contributed by atoms with Gasteiger partial charge in [0.1, 0.15) is 5.75 Å². The van der Waals surface area contributed by atoms with E-state index >= 15 is 0 Å². The molecule has 3 heteroatoms. The van der Waals surface area contributed by atoms with Gasteiger partial charge in [-0.1, -0.05) is 12.8 Å². The van der Waals surface area contributed by atoms with Crippen LogP contribution in [0.4, 0.5) is 0 Å². The molecule has 3 nitrogen and oxygen atoms in total. The maximum Gasteiger partial charge on any atom is 0.165 e. The molecular weight excluding hydrogens is 264 g/mol. The highest BCUT2D eigenvalue weighted by Crippen LogP contribution is 2.36. The predicted molar refractivity (Wildman–Crippen MR) is 83.1 cm³/mol. The molecule has 0 aliphatic heterocycles. The Balaban J connectivity index is 1.69. The zero-order valence-electron chi connectivity index (χ0n) is 12.7. The van der Waals surface area contributed by atoms with Crippen molar-refractivity contribution in [2.24, 2.45) is 0 Å². The standard InChI is InChI=1S/C18H26O3/c19-14-11-12-17(20-15-7-3-1-4-8-15)18(13-14)21-16-9-5-2-6-10-16/h11-13,15-16,19H,1-10H2. The van der Waals surface area contributed by atoms with E-state index in [1.165, 1.54) is 38.5 Å². The quantitative estimate of drug-likeness (QED) is 0.864. The first-order valence-corrected chi connectivity index (χ1v) is 8.47. The van der Waals surface area contributed by atoms with Gasteiger partial charge in [0.05, 0.1) is 12.2 Å². The topological polar surface area (TPSA) is 38.7 Å². The molecule has 2 saturated carbocycles. The molecule has 0 aromatic heterocycles. The summed E-state index contributed by atoms with van der Waals surface area (Å²) in [6.07, 6.45) is 12.7. The van der Waals surface area contributed by atoms with Gasteiger partial charge in [0.25, 0.3) is 0 Å². The van der Waals surface area contributed by atoms with Gasteiger partial charge >= 0.3 is 0 Å². The minimum absolute atomic E-state index is 0.247. The van der Waals surface area contributed by atoms with Crippen LogP contribution in [0.1, 0.15) is 64.2 Å². The summed E-state index contributed by atoms with van der Waals surface area (Å²) in [7, 11) is 0. The zero-order chi connectivity index (χ0) is 14.5. The summed E-state index contributed by atoms with van der Waals surface area (Å²) in [5, 5.41) is 9.74. The summed E-state index contributed by atoms with van der Waals surface area (Å²) in [6, 6.07) is 5.24. The van der Waals surface area contributed by atoms with Crippen molar-refractivity contribution in [1.82, 2.24) is 0 Å². The normalized spacial score (nSPS) is 21.1. The molecule has 0 saturated heterocycles. The highest BCUT2D eigenvalue weighted by Gasteiger charge is 2.20. The molecule has 1 aromatic rings. The SMILES string of the molecule is Oc1ccc(OC2CCCCC2)c(OC2CCCCC2)c1. The molecule has 2 aliphatic rings. The Morgan fingerprint density at radius 1 is 0.714 bits per heavy atom. The van der Waals surface area contributed by atoms with Crippen LogP contribution in [0.15, 0.2) is 18.2 Å². The van der Waals surface area contributed by atoms with Gasteiger partial charge in [-0.25, -0.2) is 0 Å². The van der Waals surface area contributed by atoms with Crippen molar-refractivity contribution in [3.8, 4) is 17.2 Å². The average molecular weight is 290 g/mol. The van der Waals surface area contributed by atoms with Crippen LogP contribution in [-0.2, 0) is 0 Å². The number of phenols is 1. The van der Waals surface area contributed by atoms with E-state index in [1.54, 1.807) is 12.1 Å². The molecular formula is C18H26O3. The number of ether oxygens (including phenoxy) is 2. The minimum atomic E-state index is 0.247. The molecule has 116 valence electrons. The van der Waals surface area contributed by atoms with Crippen LogP contribution in [-0.4, -0.2) is 17.3 Å². The number of benzene rings is 1. The van der Waals surface area contributed by atoms with Crippen LogP contribution in [0.3, 0.4) is 0 Å². The predicted octanol–water partition coefficient (Wildman–Crippen LogP) is 4.82. The van der Waals surface area contributed by atoms with Gasteiger partial charge in [0, 0.05) is 6.07 Å². The lowest BCUT2D eigenvalue weighted by molar-refractivity contribution is 0.123. The first-order chi connectivity index (χ1) is 10.3. The number of phenolic OH excluding ortho intramolecular Hbond substituents is 1. The van der Waals surface area contributed by atoms with Gasteiger partial charge in [0.2, 0.25) is 0 Å². The Morgan fingerprint density at radius 3 is 1.81 bits per heavy atom. The van der Waals surface area contributed by atoms with Crippen molar-refractivity contribution in [1.29, 1.82) is 0 Å². The molecule has 1 N–H and O–H groups in total. The number of hydrogen-bond donors (Lipinski definition) is 1. The van der Waals surface area contributed by atoms with Crippen LogP contribution in [0.25, 0.3) is 0 Å². The molecule has 0 unspecified atom stereocenters. The van der Waals surface area contributed by atoms with Crippen molar-refractivity contribution >= 4 is 0 Å². The van der Waals surface area contributed by atoms with Gasteiger partial charge in [0.15, 0.2) is 11.5 Å². The van der Waals surface area contributed by atoms with E-state index in [0.29, 0.717) is 11.9 Å². The van der Waals surface area contributed by atoms with E-state index in [0.717, 1.165) is 31.4 Å². The molecule has 2 fully saturated rings. The molecule has 0 radical (unpaired) electrons. The van der Waals surface area contributed by atoms with Crippen LogP contribution in [0, 0.1) is 0 Å². The summed E-state index contributed by atoms with van der Waals surface area (Å²) in [6.45, 7) is 0. The first kappa shape index (κ1) is 14.6. The van der Waals surface area contributed by atoms with Crippen LogP contribution < -0.4 is 9.47 Å². The van der Waals surface area contributed by atoms with Crippen molar-refractivity contribution < 1.29 is 14.6 Å². The van der Waals surface area contributed by atoms with Crippen LogP contribution >= 0.6 is 0 Å². The molecule has 3 rings (SSSR count). The summed E-state index contributed by atoms with van der Waals surface area (Å²) < 4.78 is 12.3. The Morgan fingerprint density at radius 2 is 1.24 bits per heavy atom. The second-order valence-electron chi connectivity index (χ2n) is 6.39. The lowest BCUT2D eigenvalue weighted by Crippen LogP contribution is -2.22. The third-order valence-corrected chi connectivity index (χ3v) is 4.62. The van der Waals surface area contributed by atoms with Crippen molar-refractivity contribution in [2.75, 3.05) is 0 Å². The number of hydrogen-bond acceptors (Lipinski definition) is 3. The fourth-order valence-corrected chi connectivity index (χ4v) is 3.41. The van der Waals surface area contributed by atoms with Crippen LogP contribution in [0.2, 0.25) is 0 Å². The van der Waals surface area contributed by atoms with E-state index in [1.807, 2.05) is 6.07 Å². The number of rotatable bonds is 4. The van der Waals surface area contributed by atoms with Crippen molar-refractivity contribution in [3.05, 3.63) is 18.2 Å². The summed E-state index contributed by atoms with van der Waals surface area (Å²) in [5.74, 6) is 1.76. The van der Waals surface area contributed by atoms with Gasteiger partial charge in [-0.15, -0.1) is 0 Å². The van der Waals surface area contributed by atoms with Gasteiger partial charge in [-0.2, -0.15) is 0 Å². The largest absolute Gasteiger partial charge is 0.508 e. The van der Waals surface area contributed by atoms with E-state index in [4.69, 9.17) is 9.47 Å². The lowest BCUT2D eigenvalue weighted by Gasteiger charge is -2.27. The molecule has 0 spiro atoms. The molecule has 21 heavy (non-hydrogen) atoms. The molecule has 1 aromatic carbocycles. The third-order valence-electron chi connectivity index (χ3n) is 4.62. The second-order valence-corrected chi connectivity index (χ2v) is 6.39. The van der Waals surface area contributed by atoms with E-state index in [9.17, 15) is 5.11 Å². The smallest absolute Gasteiger partial charge is 0.165 e. The van der Waals surface area contributed by atoms with E-state index < -0.39 is 0 Å². The summed E-state index contributed by atoms with van der Waals surface area (Å²) >= 11 is 0. The Kier molecular flexibility index (Phi) is 4.89. The molecule has 0 bridgehead atoms. The molecule has 0 atom stereocenters. The maximum atomic E-state index is 9.74. The van der Waals surface area contributed by atoms with Gasteiger partial charge in [-0.05, 0) is 63.5 Å². The van der Waals surface area contributed by atoms with E-state index in [2.05, 4.69) is 0 Å². The first-order valence-electron chi connectivity index (χ1n) is 8.47. The maximum absolute atomic E-state index is 9.74. The molecule has 0 amide bonds. The molecule has 2 aliphatic carbocycles. The fourth-order valence-electron chi connectivity index (χ4n) is 3.41. The van der Waals surface area contributed by atoms with Gasteiger partial charge in [-0.3, -0.25) is 0 Å². The zero-order valence-corrected chi connectivity index (χ0v) is 12.7. The third kappa shape index (κ3) is 4.05. The second kappa shape index (κ2) is 7.06. The fraction of sp³-hybridized carbons (Fsp3) is 0.667. The Bertz CT molecular complexity index is 446.